The minimum absolute atomic E-state index is 0.0331. The van der Waals surface area contributed by atoms with Crippen molar-refractivity contribution in [3.05, 3.63) is 65.5 Å². The van der Waals surface area contributed by atoms with Gasteiger partial charge in [-0.15, -0.1) is 0 Å². The fourth-order valence-corrected chi connectivity index (χ4v) is 4.70. The Morgan fingerprint density at radius 2 is 1.71 bits per heavy atom. The third-order valence-electron chi connectivity index (χ3n) is 7.28. The maximum atomic E-state index is 13.7. The average molecular weight is 537 g/mol. The number of ketones is 1. The molecule has 0 aliphatic carbocycles. The summed E-state index contributed by atoms with van der Waals surface area (Å²) in [7, 11) is 0. The number of Topliss-reactive ketones (excluding diaryl/α,β-unsaturated/α-hetero) is 1. The van der Waals surface area contributed by atoms with E-state index in [1.54, 1.807) is 17.3 Å². The van der Waals surface area contributed by atoms with Crippen LogP contribution in [0.2, 0.25) is 0 Å². The van der Waals surface area contributed by atoms with Crippen LogP contribution >= 0.6 is 11.6 Å². The molecule has 0 bridgehead atoms. The Kier molecular flexibility index (Phi) is 8.02. The van der Waals surface area contributed by atoms with Crippen LogP contribution in [-0.2, 0) is 27.5 Å². The summed E-state index contributed by atoms with van der Waals surface area (Å²) in [5, 5.41) is -0.765. The van der Waals surface area contributed by atoms with Crippen LogP contribution in [0.1, 0.15) is 50.8 Å². The molecule has 0 radical (unpaired) electrons. The van der Waals surface area contributed by atoms with Gasteiger partial charge in [-0.25, -0.2) is 4.79 Å². The number of fused-ring (bicyclic) bond motifs is 1. The number of rotatable bonds is 7. The van der Waals surface area contributed by atoms with Crippen molar-refractivity contribution in [2.24, 2.45) is 11.3 Å². The first kappa shape index (κ1) is 27.5. The summed E-state index contributed by atoms with van der Waals surface area (Å²) in [6, 6.07) is 9.02. The van der Waals surface area contributed by atoms with Crippen LogP contribution in [0.25, 0.3) is 5.57 Å². The third-order valence-corrected chi connectivity index (χ3v) is 7.76. The highest BCUT2D eigenvalue weighted by Gasteiger charge is 2.38. The Morgan fingerprint density at radius 1 is 1.03 bits per heavy atom. The maximum absolute atomic E-state index is 13.7. The normalized spacial score (nSPS) is 15.3. The zero-order valence-electron chi connectivity index (χ0n) is 22.2. The molecule has 1 aromatic carbocycles. The van der Waals surface area contributed by atoms with E-state index < -0.39 is 16.4 Å². The molecule has 0 atom stereocenters. The molecule has 2 aromatic rings. The second kappa shape index (κ2) is 11.1. The van der Waals surface area contributed by atoms with Crippen molar-refractivity contribution in [3.63, 3.8) is 0 Å². The summed E-state index contributed by atoms with van der Waals surface area (Å²) in [4.78, 5) is 60.1. The molecule has 3 heterocycles. The Hall–Kier alpha value is -3.52. The van der Waals surface area contributed by atoms with Gasteiger partial charge in [0, 0.05) is 50.2 Å². The summed E-state index contributed by atoms with van der Waals surface area (Å²) < 4.78 is 0. The molecule has 38 heavy (non-hydrogen) atoms. The van der Waals surface area contributed by atoms with Gasteiger partial charge in [0.05, 0.1) is 12.0 Å². The number of urea groups is 1. The molecule has 9 heteroatoms. The third kappa shape index (κ3) is 5.65. The van der Waals surface area contributed by atoms with E-state index in [4.69, 9.17) is 11.6 Å². The fraction of sp³-hybridized carbons (Fsp3) is 0.414. The van der Waals surface area contributed by atoms with Gasteiger partial charge in [-0.3, -0.25) is 24.3 Å². The fourth-order valence-electron chi connectivity index (χ4n) is 4.60. The number of halogens is 1. The average Bonchev–Trinajstić information content (AvgIpc) is 3.35. The Bertz CT molecular complexity index is 1260. The van der Waals surface area contributed by atoms with Gasteiger partial charge in [0.2, 0.25) is 11.1 Å². The Balaban J connectivity index is 1.56. The minimum Gasteiger partial charge on any atom is -0.338 e. The van der Waals surface area contributed by atoms with Crippen LogP contribution in [0.15, 0.2) is 48.8 Å². The van der Waals surface area contributed by atoms with Gasteiger partial charge < -0.3 is 9.80 Å². The summed E-state index contributed by atoms with van der Waals surface area (Å²) in [5.41, 5.74) is 3.24. The number of hydrogen-bond acceptors (Lipinski definition) is 5. The standard InChI is InChI=1S/C29H33ClN4O4/c1-19(2)26(36)32-13-10-21(11-14-32)20-5-7-24(8-6-20)34(18-25(35)29(3,4)27(30)37)28(38)33-16-22-9-12-31-15-23(22)17-33/h5-10,12,15,19H,11,13-14,16-18H2,1-4H3. The molecule has 4 rings (SSSR count). The highest BCUT2D eigenvalue weighted by Crippen LogP contribution is 2.29. The van der Waals surface area contributed by atoms with Crippen LogP contribution in [-0.4, -0.2) is 57.4 Å². The number of pyridine rings is 1. The van der Waals surface area contributed by atoms with E-state index in [1.807, 2.05) is 49.1 Å². The molecule has 0 fully saturated rings. The lowest BCUT2D eigenvalue weighted by Gasteiger charge is -2.30. The van der Waals surface area contributed by atoms with Crippen molar-refractivity contribution < 1.29 is 19.2 Å². The highest BCUT2D eigenvalue weighted by molar-refractivity contribution is 6.66. The summed E-state index contributed by atoms with van der Waals surface area (Å²) in [5.74, 6) is -0.333. The lowest BCUT2D eigenvalue weighted by molar-refractivity contribution is -0.134. The van der Waals surface area contributed by atoms with Gasteiger partial charge in [-0.05, 0) is 72.3 Å². The lowest BCUT2D eigenvalue weighted by atomic mass is 9.89. The molecule has 0 unspecified atom stereocenters. The first-order valence-electron chi connectivity index (χ1n) is 12.8. The van der Waals surface area contributed by atoms with Crippen LogP contribution in [0.4, 0.5) is 10.5 Å². The van der Waals surface area contributed by atoms with E-state index in [2.05, 4.69) is 11.1 Å². The van der Waals surface area contributed by atoms with E-state index in [-0.39, 0.29) is 24.4 Å². The number of carbonyl (C=O) groups is 4. The largest absolute Gasteiger partial charge is 0.338 e. The number of hydrogen-bond donors (Lipinski definition) is 0. The van der Waals surface area contributed by atoms with Crippen LogP contribution in [0.5, 0.6) is 0 Å². The van der Waals surface area contributed by atoms with Gasteiger partial charge in [0.1, 0.15) is 0 Å². The molecular formula is C29H33ClN4O4. The highest BCUT2D eigenvalue weighted by atomic mass is 35.5. The minimum atomic E-state index is -1.43. The van der Waals surface area contributed by atoms with Crippen LogP contribution in [0.3, 0.4) is 0 Å². The first-order valence-corrected chi connectivity index (χ1v) is 13.2. The van der Waals surface area contributed by atoms with Gasteiger partial charge in [0.25, 0.3) is 0 Å². The SMILES string of the molecule is CC(C)C(=O)N1CC=C(c2ccc(N(CC(=O)C(C)(C)C(=O)Cl)C(=O)N3Cc4ccncc4C3)cc2)CC1. The summed E-state index contributed by atoms with van der Waals surface area (Å²) in [6.45, 7) is 8.49. The van der Waals surface area contributed by atoms with Crippen molar-refractivity contribution in [2.45, 2.75) is 47.2 Å². The lowest BCUT2D eigenvalue weighted by Crippen LogP contribution is -2.47. The molecule has 200 valence electrons. The molecule has 8 nitrogen and oxygen atoms in total. The molecule has 0 spiro atoms. The second-order valence-electron chi connectivity index (χ2n) is 10.7. The van der Waals surface area contributed by atoms with Gasteiger partial charge >= 0.3 is 6.03 Å². The molecule has 2 aliphatic heterocycles. The molecular weight excluding hydrogens is 504 g/mol. The van der Waals surface area contributed by atoms with Gasteiger partial charge in [-0.2, -0.15) is 0 Å². The Labute approximate surface area is 228 Å². The number of aromatic nitrogens is 1. The number of anilines is 1. The molecule has 0 N–H and O–H groups in total. The van der Waals surface area contributed by atoms with Crippen molar-refractivity contribution >= 4 is 45.8 Å². The zero-order valence-corrected chi connectivity index (χ0v) is 23.0. The molecule has 2 aliphatic rings. The van der Waals surface area contributed by atoms with Crippen molar-refractivity contribution in [2.75, 3.05) is 24.5 Å². The first-order chi connectivity index (χ1) is 18.0. The second-order valence-corrected chi connectivity index (χ2v) is 11.0. The molecule has 3 amide bonds. The van der Waals surface area contributed by atoms with Crippen molar-refractivity contribution in [3.8, 4) is 0 Å². The van der Waals surface area contributed by atoms with Crippen LogP contribution < -0.4 is 4.90 Å². The summed E-state index contributed by atoms with van der Waals surface area (Å²) in [6.07, 6.45) is 6.25. The van der Waals surface area contributed by atoms with Crippen LogP contribution in [0, 0.1) is 11.3 Å². The number of amides is 3. The number of benzene rings is 1. The topological polar surface area (TPSA) is 90.9 Å². The van der Waals surface area contributed by atoms with E-state index in [1.165, 1.54) is 18.7 Å². The van der Waals surface area contributed by atoms with E-state index in [0.29, 0.717) is 31.9 Å². The van der Waals surface area contributed by atoms with Crippen molar-refractivity contribution in [1.29, 1.82) is 0 Å². The predicted octanol–water partition coefficient (Wildman–Crippen LogP) is 4.66. The zero-order chi connectivity index (χ0) is 27.6. The molecule has 1 aromatic heterocycles. The monoisotopic (exact) mass is 536 g/mol. The van der Waals surface area contributed by atoms with Crippen molar-refractivity contribution in [1.82, 2.24) is 14.8 Å². The van der Waals surface area contributed by atoms with E-state index in [9.17, 15) is 19.2 Å². The van der Waals surface area contributed by atoms with Gasteiger partial charge in [0.15, 0.2) is 5.78 Å². The van der Waals surface area contributed by atoms with E-state index in [0.717, 1.165) is 28.7 Å². The Morgan fingerprint density at radius 3 is 2.29 bits per heavy atom. The quantitative estimate of drug-likeness (QED) is 0.379. The van der Waals surface area contributed by atoms with Gasteiger partial charge in [-0.1, -0.05) is 32.1 Å². The summed E-state index contributed by atoms with van der Waals surface area (Å²) >= 11 is 5.70. The van der Waals surface area contributed by atoms with E-state index >= 15 is 0 Å². The maximum Gasteiger partial charge on any atom is 0.325 e. The molecule has 0 saturated carbocycles. The predicted molar refractivity (Wildman–Crippen MR) is 146 cm³/mol. The number of carbonyl (C=O) groups excluding carboxylic acids is 4. The number of nitrogens with zero attached hydrogens (tertiary/aromatic N) is 4. The molecule has 0 saturated heterocycles. The smallest absolute Gasteiger partial charge is 0.325 e.